The second-order valence-corrected chi connectivity index (χ2v) is 7.35. The lowest BCUT2D eigenvalue weighted by molar-refractivity contribution is -0.141. The predicted molar refractivity (Wildman–Crippen MR) is 108 cm³/mol. The lowest BCUT2D eigenvalue weighted by Crippen LogP contribution is -2.32. The van der Waals surface area contributed by atoms with Gasteiger partial charge >= 0.3 is 6.18 Å². The number of hydrogen-bond donors (Lipinski definition) is 2. The lowest BCUT2D eigenvalue weighted by atomic mass is 9.73. The molecular formula is C20H24BF3N4O. The van der Waals surface area contributed by atoms with Crippen LogP contribution in [0.25, 0.3) is 0 Å². The molecule has 1 aromatic carbocycles. The van der Waals surface area contributed by atoms with E-state index in [2.05, 4.69) is 20.6 Å². The summed E-state index contributed by atoms with van der Waals surface area (Å²) in [6, 6.07) is 7.27. The van der Waals surface area contributed by atoms with Crippen LogP contribution < -0.4 is 16.1 Å². The molecule has 1 fully saturated rings. The Morgan fingerprint density at radius 2 is 2.00 bits per heavy atom. The predicted octanol–water partition coefficient (Wildman–Crippen LogP) is 3.66. The Kier molecular flexibility index (Phi) is 6.77. The summed E-state index contributed by atoms with van der Waals surface area (Å²) in [4.78, 5) is 19.9. The molecule has 2 N–H and O–H groups in total. The summed E-state index contributed by atoms with van der Waals surface area (Å²) >= 11 is 0. The number of aromatic nitrogens is 2. The van der Waals surface area contributed by atoms with Crippen LogP contribution in [0.4, 0.5) is 24.8 Å². The molecule has 0 aliphatic heterocycles. The quantitative estimate of drug-likeness (QED) is 0.722. The first-order chi connectivity index (χ1) is 13.9. The van der Waals surface area contributed by atoms with Gasteiger partial charge in [-0.25, -0.2) is 9.97 Å². The van der Waals surface area contributed by atoms with Crippen LogP contribution in [0, 0.1) is 5.92 Å². The number of anilines is 2. The highest BCUT2D eigenvalue weighted by atomic mass is 19.4. The Hall–Kier alpha value is -2.58. The van der Waals surface area contributed by atoms with E-state index < -0.39 is 23.3 Å². The number of benzene rings is 1. The van der Waals surface area contributed by atoms with Gasteiger partial charge in [0.05, 0.1) is 5.56 Å². The van der Waals surface area contributed by atoms with Crippen molar-refractivity contribution in [2.45, 2.75) is 45.1 Å². The highest BCUT2D eigenvalue weighted by molar-refractivity contribution is 6.52. The molecule has 0 bridgehead atoms. The smallest absolute Gasteiger partial charge is 0.352 e. The summed E-state index contributed by atoms with van der Waals surface area (Å²) in [5, 5.41) is 5.41. The van der Waals surface area contributed by atoms with Gasteiger partial charge in [0.25, 0.3) is 5.91 Å². The number of alkyl halides is 3. The van der Waals surface area contributed by atoms with Gasteiger partial charge in [0.2, 0.25) is 5.95 Å². The van der Waals surface area contributed by atoms with Gasteiger partial charge in [0.15, 0.2) is 13.0 Å². The Balaban J connectivity index is 1.77. The number of nitrogens with one attached hydrogen (secondary N) is 2. The number of nitrogens with zero attached hydrogens (tertiary/aromatic N) is 2. The normalized spacial score (nSPS) is 15.0. The van der Waals surface area contributed by atoms with Crippen LogP contribution in [-0.2, 0) is 6.18 Å². The van der Waals surface area contributed by atoms with Crippen molar-refractivity contribution in [3.8, 4) is 0 Å². The van der Waals surface area contributed by atoms with E-state index in [1.807, 2.05) is 19.0 Å². The third-order valence-electron chi connectivity index (χ3n) is 5.17. The van der Waals surface area contributed by atoms with Crippen LogP contribution in [0.2, 0.25) is 6.82 Å². The summed E-state index contributed by atoms with van der Waals surface area (Å²) in [5.41, 5.74) is -0.166. The third kappa shape index (κ3) is 5.71. The standard InChI is InChI=1S/C20H24BF3N4O/c1-21-14-8-5-9-15(10-14)27-19-26-12-16(17(28-19)20(22,23)24)18(29)25-11-13-6-3-2-4-7-13/h5,8-10,12-13,21H,2-4,6-7,11H2,1H3,(H,25,29)(H,26,27,28). The molecule has 0 spiro atoms. The van der Waals surface area contributed by atoms with Gasteiger partial charge in [-0.3, -0.25) is 4.79 Å². The summed E-state index contributed by atoms with van der Waals surface area (Å²) in [6.45, 7) is 2.36. The maximum atomic E-state index is 13.5. The van der Waals surface area contributed by atoms with Gasteiger partial charge in [-0.05, 0) is 30.9 Å². The monoisotopic (exact) mass is 404 g/mol. The molecule has 1 aliphatic carbocycles. The first-order valence-corrected chi connectivity index (χ1v) is 9.95. The van der Waals surface area contributed by atoms with Gasteiger partial charge in [-0.1, -0.05) is 43.7 Å². The minimum atomic E-state index is -4.76. The maximum Gasteiger partial charge on any atom is 0.434 e. The van der Waals surface area contributed by atoms with E-state index >= 15 is 0 Å². The van der Waals surface area contributed by atoms with E-state index in [-0.39, 0.29) is 5.95 Å². The second kappa shape index (κ2) is 9.28. The number of amides is 1. The van der Waals surface area contributed by atoms with E-state index in [4.69, 9.17) is 0 Å². The average Bonchev–Trinajstić information content (AvgIpc) is 2.72. The zero-order valence-electron chi connectivity index (χ0n) is 16.4. The van der Waals surface area contributed by atoms with Gasteiger partial charge in [0, 0.05) is 18.4 Å². The number of hydrogen-bond acceptors (Lipinski definition) is 4. The molecule has 2 aromatic rings. The van der Waals surface area contributed by atoms with E-state index in [1.54, 1.807) is 12.1 Å². The van der Waals surface area contributed by atoms with Gasteiger partial charge < -0.3 is 10.6 Å². The maximum absolute atomic E-state index is 13.5. The molecule has 1 saturated carbocycles. The van der Waals surface area contributed by atoms with Crippen molar-refractivity contribution in [2.24, 2.45) is 5.92 Å². The molecule has 1 amide bonds. The fraction of sp³-hybridized carbons (Fsp3) is 0.450. The fourth-order valence-electron chi connectivity index (χ4n) is 3.55. The molecule has 1 heterocycles. The van der Waals surface area contributed by atoms with Gasteiger partial charge in [-0.15, -0.1) is 0 Å². The first kappa shape index (κ1) is 21.1. The highest BCUT2D eigenvalue weighted by Gasteiger charge is 2.38. The van der Waals surface area contributed by atoms with Crippen LogP contribution in [0.3, 0.4) is 0 Å². The van der Waals surface area contributed by atoms with Crippen molar-refractivity contribution in [1.29, 1.82) is 0 Å². The van der Waals surface area contributed by atoms with Crippen molar-refractivity contribution >= 4 is 30.3 Å². The topological polar surface area (TPSA) is 66.9 Å². The summed E-state index contributed by atoms with van der Waals surface area (Å²) in [5.74, 6) is -0.674. The number of carbonyl (C=O) groups excluding carboxylic acids is 1. The molecule has 0 saturated heterocycles. The molecule has 9 heteroatoms. The summed E-state index contributed by atoms with van der Waals surface area (Å²) in [6.07, 6.45) is 1.52. The SMILES string of the molecule is CBc1cccc(Nc2ncc(C(=O)NCC3CCCCC3)c(C(F)(F)F)n2)c1. The molecule has 0 unspecified atom stereocenters. The molecular weight excluding hydrogens is 380 g/mol. The molecule has 3 rings (SSSR count). The Morgan fingerprint density at radius 1 is 1.24 bits per heavy atom. The van der Waals surface area contributed by atoms with Gasteiger partial charge in [0.1, 0.15) is 0 Å². The molecule has 1 aliphatic rings. The fourth-order valence-corrected chi connectivity index (χ4v) is 3.55. The molecule has 29 heavy (non-hydrogen) atoms. The van der Waals surface area contributed by atoms with Crippen molar-refractivity contribution in [2.75, 3.05) is 11.9 Å². The lowest BCUT2D eigenvalue weighted by Gasteiger charge is -2.22. The van der Waals surface area contributed by atoms with E-state index in [9.17, 15) is 18.0 Å². The van der Waals surface area contributed by atoms with Gasteiger partial charge in [-0.2, -0.15) is 13.2 Å². The molecule has 0 radical (unpaired) electrons. The molecule has 1 aromatic heterocycles. The molecule has 0 atom stereocenters. The third-order valence-corrected chi connectivity index (χ3v) is 5.17. The minimum absolute atomic E-state index is 0.200. The number of halogens is 3. The van der Waals surface area contributed by atoms with Crippen LogP contribution in [0.5, 0.6) is 0 Å². The number of carbonyl (C=O) groups is 1. The van der Waals surface area contributed by atoms with E-state index in [0.29, 0.717) is 18.2 Å². The van der Waals surface area contributed by atoms with E-state index in [1.165, 1.54) is 6.42 Å². The highest BCUT2D eigenvalue weighted by Crippen LogP contribution is 2.31. The van der Waals surface area contributed by atoms with Crippen molar-refractivity contribution in [1.82, 2.24) is 15.3 Å². The van der Waals surface area contributed by atoms with Crippen LogP contribution in [0.1, 0.15) is 48.2 Å². The molecule has 5 nitrogen and oxygen atoms in total. The Morgan fingerprint density at radius 3 is 2.69 bits per heavy atom. The van der Waals surface area contributed by atoms with Crippen LogP contribution in [-0.4, -0.2) is 29.7 Å². The first-order valence-electron chi connectivity index (χ1n) is 9.95. The van der Waals surface area contributed by atoms with Crippen molar-refractivity contribution < 1.29 is 18.0 Å². The average molecular weight is 404 g/mol. The largest absolute Gasteiger partial charge is 0.434 e. The zero-order valence-corrected chi connectivity index (χ0v) is 16.4. The van der Waals surface area contributed by atoms with Crippen molar-refractivity contribution in [3.05, 3.63) is 41.7 Å². The Bertz CT molecular complexity index is 854. The van der Waals surface area contributed by atoms with E-state index in [0.717, 1.165) is 44.6 Å². The Labute approximate surface area is 168 Å². The minimum Gasteiger partial charge on any atom is -0.352 e. The van der Waals surface area contributed by atoms with Crippen LogP contribution >= 0.6 is 0 Å². The second-order valence-electron chi connectivity index (χ2n) is 7.35. The summed E-state index contributed by atoms with van der Waals surface area (Å²) < 4.78 is 40.6. The zero-order chi connectivity index (χ0) is 20.9. The van der Waals surface area contributed by atoms with Crippen molar-refractivity contribution in [3.63, 3.8) is 0 Å². The van der Waals surface area contributed by atoms with Crippen LogP contribution in [0.15, 0.2) is 30.5 Å². The summed E-state index contributed by atoms with van der Waals surface area (Å²) in [7, 11) is 0.796. The molecule has 154 valence electrons. The number of rotatable bonds is 6.